The van der Waals surface area contributed by atoms with Crippen molar-refractivity contribution in [1.82, 2.24) is 14.5 Å². The van der Waals surface area contributed by atoms with Crippen molar-refractivity contribution in [3.8, 4) is 0 Å². The van der Waals surface area contributed by atoms with Crippen LogP contribution >= 0.6 is 0 Å². The monoisotopic (exact) mass is 307 g/mol. The summed E-state index contributed by atoms with van der Waals surface area (Å²) in [6, 6.07) is 0.951. The summed E-state index contributed by atoms with van der Waals surface area (Å²) in [6.07, 6.45) is 4.26. The molecule has 1 saturated heterocycles. The molecule has 5 nitrogen and oxygen atoms in total. The lowest BCUT2D eigenvalue weighted by Crippen LogP contribution is -2.41. The van der Waals surface area contributed by atoms with Gasteiger partial charge in [0.2, 0.25) is 0 Å². The van der Waals surface area contributed by atoms with Gasteiger partial charge in [0.05, 0.1) is 31.1 Å². The highest BCUT2D eigenvalue weighted by atomic mass is 16.5. The molecule has 3 heterocycles. The quantitative estimate of drug-likeness (QED) is 0.838. The number of ether oxygens (including phenoxy) is 2. The predicted octanol–water partition coefficient (Wildman–Crippen LogP) is 2.61. The second-order valence-corrected chi connectivity index (χ2v) is 6.84. The molecular weight excluding hydrogens is 278 g/mol. The maximum Gasteiger partial charge on any atom is 0.126 e. The van der Waals surface area contributed by atoms with Crippen molar-refractivity contribution in [3.05, 3.63) is 17.7 Å². The van der Waals surface area contributed by atoms with Crippen LogP contribution in [0, 0.1) is 5.92 Å². The Morgan fingerprint density at radius 3 is 2.82 bits per heavy atom. The molecule has 0 aromatic carbocycles. The molecule has 0 amide bonds. The van der Waals surface area contributed by atoms with Gasteiger partial charge in [-0.15, -0.1) is 0 Å². The molecule has 1 fully saturated rings. The van der Waals surface area contributed by atoms with Gasteiger partial charge in [0, 0.05) is 32.3 Å². The van der Waals surface area contributed by atoms with E-state index in [0.29, 0.717) is 24.6 Å². The molecule has 2 aliphatic rings. The molecule has 0 N–H and O–H groups in total. The van der Waals surface area contributed by atoms with Crippen LogP contribution in [-0.4, -0.2) is 46.9 Å². The number of fused-ring (bicyclic) bond motifs is 1. The van der Waals surface area contributed by atoms with Crippen LogP contribution in [0.5, 0.6) is 0 Å². The average Bonchev–Trinajstić information content (AvgIpc) is 2.92. The summed E-state index contributed by atoms with van der Waals surface area (Å²) in [5.74, 6) is 1.84. The molecule has 0 bridgehead atoms. The summed E-state index contributed by atoms with van der Waals surface area (Å²) in [6.45, 7) is 12.2. The molecule has 0 aliphatic carbocycles. The first-order valence-electron chi connectivity index (χ1n) is 8.62. The summed E-state index contributed by atoms with van der Waals surface area (Å²) in [5, 5.41) is 0. The van der Waals surface area contributed by atoms with Crippen LogP contribution in [0.2, 0.25) is 0 Å². The smallest absolute Gasteiger partial charge is 0.126 e. The van der Waals surface area contributed by atoms with Crippen molar-refractivity contribution in [2.45, 2.75) is 58.8 Å². The van der Waals surface area contributed by atoms with Gasteiger partial charge >= 0.3 is 0 Å². The zero-order valence-electron chi connectivity index (χ0n) is 14.1. The van der Waals surface area contributed by atoms with Crippen LogP contribution in [0.4, 0.5) is 0 Å². The Labute approximate surface area is 133 Å². The van der Waals surface area contributed by atoms with Gasteiger partial charge in [0.25, 0.3) is 0 Å². The maximum atomic E-state index is 5.96. The van der Waals surface area contributed by atoms with Crippen molar-refractivity contribution in [3.63, 3.8) is 0 Å². The van der Waals surface area contributed by atoms with E-state index in [4.69, 9.17) is 9.47 Å². The summed E-state index contributed by atoms with van der Waals surface area (Å²) in [5.41, 5.74) is 1.22. The molecule has 2 aliphatic heterocycles. The Hall–Kier alpha value is -0.910. The highest BCUT2D eigenvalue weighted by molar-refractivity contribution is 5.10. The number of nitrogens with zero attached hydrogens (tertiary/aromatic N) is 3. The minimum absolute atomic E-state index is 0.387. The Kier molecular flexibility index (Phi) is 5.16. The average molecular weight is 307 g/mol. The molecule has 1 aromatic rings. The molecular formula is C17H29N3O2. The van der Waals surface area contributed by atoms with E-state index < -0.39 is 0 Å². The molecule has 1 atom stereocenters. The minimum atomic E-state index is 0.387. The lowest BCUT2D eigenvalue weighted by molar-refractivity contribution is 0.0138. The molecule has 0 spiro atoms. The largest absolute Gasteiger partial charge is 0.381 e. The fraction of sp³-hybridized carbons (Fsp3) is 0.824. The number of rotatable bonds is 5. The van der Waals surface area contributed by atoms with Crippen LogP contribution in [0.15, 0.2) is 6.20 Å². The minimum Gasteiger partial charge on any atom is -0.381 e. The molecule has 3 rings (SSSR count). The second kappa shape index (κ2) is 7.11. The first kappa shape index (κ1) is 16.0. The number of aromatic nitrogens is 2. The highest BCUT2D eigenvalue weighted by Gasteiger charge is 2.28. The number of hydrogen-bond acceptors (Lipinski definition) is 4. The first-order valence-corrected chi connectivity index (χ1v) is 8.62. The van der Waals surface area contributed by atoms with E-state index in [1.807, 2.05) is 6.20 Å². The third-order valence-electron chi connectivity index (χ3n) is 5.03. The highest BCUT2D eigenvalue weighted by Crippen LogP contribution is 2.27. The van der Waals surface area contributed by atoms with Gasteiger partial charge in [-0.1, -0.05) is 0 Å². The lowest BCUT2D eigenvalue weighted by atomic mass is 10.0. The Bertz CT molecular complexity index is 480. The van der Waals surface area contributed by atoms with Gasteiger partial charge in [-0.2, -0.15) is 0 Å². The maximum absolute atomic E-state index is 5.96. The zero-order chi connectivity index (χ0) is 15.5. The second-order valence-electron chi connectivity index (χ2n) is 6.84. The lowest BCUT2D eigenvalue weighted by Gasteiger charge is -2.37. The molecule has 0 unspecified atom stereocenters. The number of imidazole rings is 1. The molecule has 1 aromatic heterocycles. The van der Waals surface area contributed by atoms with Gasteiger partial charge in [-0.3, -0.25) is 4.90 Å². The number of hydrogen-bond donors (Lipinski definition) is 0. The van der Waals surface area contributed by atoms with E-state index in [1.54, 1.807) is 0 Å². The fourth-order valence-corrected chi connectivity index (χ4v) is 3.64. The van der Waals surface area contributed by atoms with E-state index in [0.717, 1.165) is 45.8 Å². The molecule has 0 saturated carbocycles. The Morgan fingerprint density at radius 1 is 1.32 bits per heavy atom. The third-order valence-corrected chi connectivity index (χ3v) is 5.03. The molecule has 0 radical (unpaired) electrons. The Balaban J connectivity index is 1.56. The third kappa shape index (κ3) is 3.36. The van der Waals surface area contributed by atoms with E-state index in [9.17, 15) is 0 Å². The fourth-order valence-electron chi connectivity index (χ4n) is 3.64. The Morgan fingerprint density at radius 2 is 2.09 bits per heavy atom. The van der Waals surface area contributed by atoms with Crippen LogP contribution in [0.25, 0.3) is 0 Å². The van der Waals surface area contributed by atoms with Gasteiger partial charge < -0.3 is 14.0 Å². The van der Waals surface area contributed by atoms with Crippen LogP contribution in [-0.2, 0) is 22.6 Å². The first-order chi connectivity index (χ1) is 10.7. The van der Waals surface area contributed by atoms with Crippen molar-refractivity contribution in [1.29, 1.82) is 0 Å². The summed E-state index contributed by atoms with van der Waals surface area (Å²) in [7, 11) is 0. The van der Waals surface area contributed by atoms with Gasteiger partial charge in [-0.25, -0.2) is 4.98 Å². The van der Waals surface area contributed by atoms with Crippen molar-refractivity contribution >= 4 is 0 Å². The molecule has 124 valence electrons. The van der Waals surface area contributed by atoms with E-state index in [2.05, 4.69) is 35.2 Å². The van der Waals surface area contributed by atoms with Crippen LogP contribution < -0.4 is 0 Å². The SMILES string of the molecule is CC(C)N1CCn2c(COCC3CCOCC3)cnc2[C@H]1C. The van der Waals surface area contributed by atoms with Crippen molar-refractivity contribution in [2.75, 3.05) is 26.4 Å². The van der Waals surface area contributed by atoms with Gasteiger partial charge in [0.1, 0.15) is 5.82 Å². The zero-order valence-corrected chi connectivity index (χ0v) is 14.1. The normalized spacial score (nSPS) is 23.9. The predicted molar refractivity (Wildman–Crippen MR) is 85.7 cm³/mol. The van der Waals surface area contributed by atoms with Gasteiger partial charge in [0.15, 0.2) is 0 Å². The van der Waals surface area contributed by atoms with Gasteiger partial charge in [-0.05, 0) is 39.5 Å². The van der Waals surface area contributed by atoms with E-state index in [1.165, 1.54) is 11.5 Å². The van der Waals surface area contributed by atoms with Crippen molar-refractivity contribution in [2.24, 2.45) is 5.92 Å². The van der Waals surface area contributed by atoms with Crippen LogP contribution in [0.1, 0.15) is 51.2 Å². The topological polar surface area (TPSA) is 39.5 Å². The summed E-state index contributed by atoms with van der Waals surface area (Å²) in [4.78, 5) is 7.17. The van der Waals surface area contributed by atoms with E-state index in [-0.39, 0.29) is 0 Å². The van der Waals surface area contributed by atoms with Crippen molar-refractivity contribution < 1.29 is 9.47 Å². The van der Waals surface area contributed by atoms with E-state index >= 15 is 0 Å². The van der Waals surface area contributed by atoms with Crippen LogP contribution in [0.3, 0.4) is 0 Å². The molecule has 5 heteroatoms. The molecule has 22 heavy (non-hydrogen) atoms. The summed E-state index contributed by atoms with van der Waals surface area (Å²) >= 11 is 0. The summed E-state index contributed by atoms with van der Waals surface area (Å²) < 4.78 is 13.7. The standard InChI is InChI=1S/C17H29N3O2/c1-13(2)19-6-7-20-16(10-18-17(20)14(19)3)12-22-11-15-4-8-21-9-5-15/h10,13-15H,4-9,11-12H2,1-3H3/t14-/m1/s1.